The lowest BCUT2D eigenvalue weighted by Gasteiger charge is -2.26. The summed E-state index contributed by atoms with van der Waals surface area (Å²) in [5.41, 5.74) is 1.66. The van der Waals surface area contributed by atoms with Crippen LogP contribution in [-0.2, 0) is 9.59 Å². The Morgan fingerprint density at radius 3 is 2.69 bits per heavy atom. The Morgan fingerprint density at radius 1 is 1.31 bits per heavy atom. The number of aldehydes is 1. The molecular formula is C19H23N3O4. The first kappa shape index (κ1) is 18.3. The van der Waals surface area contributed by atoms with Crippen molar-refractivity contribution in [3.8, 4) is 0 Å². The molecule has 2 N–H and O–H groups in total. The quantitative estimate of drug-likeness (QED) is 0.581. The molecule has 7 heteroatoms. The van der Waals surface area contributed by atoms with Gasteiger partial charge in [-0.1, -0.05) is 12.1 Å². The van der Waals surface area contributed by atoms with Crippen molar-refractivity contribution < 1.29 is 19.2 Å². The summed E-state index contributed by atoms with van der Waals surface area (Å²) in [6.45, 7) is 1.75. The Morgan fingerprint density at radius 2 is 2.04 bits per heavy atom. The number of amides is 3. The summed E-state index contributed by atoms with van der Waals surface area (Å²) in [6, 6.07) is 4.37. The normalized spacial score (nSPS) is 18.6. The molecule has 3 amide bonds. The fourth-order valence-corrected chi connectivity index (χ4v) is 3.86. The lowest BCUT2D eigenvalue weighted by molar-refractivity contribution is -0.124. The minimum atomic E-state index is -0.974. The second-order valence-corrected chi connectivity index (χ2v) is 6.65. The third kappa shape index (κ3) is 3.14. The first-order valence-corrected chi connectivity index (χ1v) is 8.96. The van der Waals surface area contributed by atoms with E-state index < -0.39 is 23.8 Å². The molecule has 1 aromatic rings. The lowest BCUT2D eigenvalue weighted by Crippen LogP contribution is -2.48. The number of carbonyl (C=O) groups excluding carboxylic acids is 4. The van der Waals surface area contributed by atoms with E-state index in [0.717, 1.165) is 36.4 Å². The predicted octanol–water partition coefficient (Wildman–Crippen LogP) is 0.843. The van der Waals surface area contributed by atoms with E-state index in [1.807, 2.05) is 6.07 Å². The monoisotopic (exact) mass is 357 g/mol. The van der Waals surface area contributed by atoms with Crippen molar-refractivity contribution in [1.29, 1.82) is 0 Å². The van der Waals surface area contributed by atoms with Crippen LogP contribution in [0.15, 0.2) is 18.2 Å². The second kappa shape index (κ2) is 7.78. The average molecular weight is 357 g/mol. The van der Waals surface area contributed by atoms with E-state index in [9.17, 15) is 19.2 Å². The summed E-state index contributed by atoms with van der Waals surface area (Å²) in [5, 5.41) is 5.78. The number of fused-ring (bicyclic) bond motifs is 1. The van der Waals surface area contributed by atoms with Crippen LogP contribution in [0, 0.1) is 0 Å². The summed E-state index contributed by atoms with van der Waals surface area (Å²) < 4.78 is 0. The molecule has 0 bridgehead atoms. The molecule has 26 heavy (non-hydrogen) atoms. The van der Waals surface area contributed by atoms with Crippen molar-refractivity contribution in [1.82, 2.24) is 15.5 Å². The summed E-state index contributed by atoms with van der Waals surface area (Å²) in [7, 11) is 1.45. The van der Waals surface area contributed by atoms with Crippen LogP contribution in [0.3, 0.4) is 0 Å². The molecule has 2 aliphatic rings. The van der Waals surface area contributed by atoms with Crippen molar-refractivity contribution in [2.24, 2.45) is 0 Å². The summed E-state index contributed by atoms with van der Waals surface area (Å²) in [5.74, 6) is -1.11. The summed E-state index contributed by atoms with van der Waals surface area (Å²) >= 11 is 0. The number of rotatable bonds is 6. The van der Waals surface area contributed by atoms with Crippen LogP contribution < -0.4 is 10.6 Å². The summed E-state index contributed by atoms with van der Waals surface area (Å²) in [4.78, 5) is 50.0. The van der Waals surface area contributed by atoms with Crippen LogP contribution in [0.25, 0.3) is 0 Å². The fourth-order valence-electron chi connectivity index (χ4n) is 3.86. The highest BCUT2D eigenvalue weighted by atomic mass is 16.2. The SMILES string of the molecule is CNC(=O)C(CCC=O)N1C(=O)c2cccc(C3CCNCC3)c2C1=O. The van der Waals surface area contributed by atoms with Crippen LogP contribution in [0.5, 0.6) is 0 Å². The topological polar surface area (TPSA) is 95.6 Å². The minimum Gasteiger partial charge on any atom is -0.357 e. The lowest BCUT2D eigenvalue weighted by atomic mass is 9.86. The van der Waals surface area contributed by atoms with E-state index >= 15 is 0 Å². The van der Waals surface area contributed by atoms with Gasteiger partial charge in [0, 0.05) is 13.5 Å². The Labute approximate surface area is 152 Å². The van der Waals surface area contributed by atoms with Gasteiger partial charge in [-0.3, -0.25) is 19.3 Å². The minimum absolute atomic E-state index is 0.104. The first-order valence-electron chi connectivity index (χ1n) is 8.96. The van der Waals surface area contributed by atoms with Crippen molar-refractivity contribution in [3.05, 3.63) is 34.9 Å². The molecule has 1 fully saturated rings. The third-order valence-corrected chi connectivity index (χ3v) is 5.18. The molecule has 0 saturated carbocycles. The van der Waals surface area contributed by atoms with Crippen molar-refractivity contribution >= 4 is 24.0 Å². The molecule has 3 rings (SSSR count). The standard InChI is InChI=1S/C19H23N3O4/c1-20-17(24)15(6-3-11-23)22-18(25)14-5-2-4-13(16(14)19(22)26)12-7-9-21-10-8-12/h2,4-5,11-12,15,21H,3,6-10H2,1H3,(H,20,24). The van der Waals surface area contributed by atoms with E-state index in [4.69, 9.17) is 0 Å². The molecule has 1 atom stereocenters. The summed E-state index contributed by atoms with van der Waals surface area (Å²) in [6.07, 6.45) is 2.72. The molecule has 0 spiro atoms. The molecule has 1 unspecified atom stereocenters. The van der Waals surface area contributed by atoms with E-state index in [2.05, 4.69) is 10.6 Å². The fraction of sp³-hybridized carbons (Fsp3) is 0.474. The van der Waals surface area contributed by atoms with Crippen molar-refractivity contribution in [2.75, 3.05) is 20.1 Å². The van der Waals surface area contributed by atoms with Gasteiger partial charge in [-0.2, -0.15) is 0 Å². The molecule has 0 aliphatic carbocycles. The van der Waals surface area contributed by atoms with Gasteiger partial charge >= 0.3 is 0 Å². The molecule has 0 radical (unpaired) electrons. The second-order valence-electron chi connectivity index (χ2n) is 6.65. The van der Waals surface area contributed by atoms with E-state index in [1.54, 1.807) is 12.1 Å². The maximum absolute atomic E-state index is 13.1. The molecular weight excluding hydrogens is 334 g/mol. The third-order valence-electron chi connectivity index (χ3n) is 5.18. The Bertz CT molecular complexity index is 740. The maximum Gasteiger partial charge on any atom is 0.262 e. The first-order chi connectivity index (χ1) is 12.6. The number of likely N-dealkylation sites (N-methyl/N-ethyl adjacent to an activating group) is 1. The van der Waals surface area contributed by atoms with E-state index in [-0.39, 0.29) is 18.8 Å². The molecule has 1 aromatic carbocycles. The van der Waals surface area contributed by atoms with Crippen LogP contribution in [-0.4, -0.2) is 55.1 Å². The Hall–Kier alpha value is -2.54. The van der Waals surface area contributed by atoms with Crippen LogP contribution in [0.2, 0.25) is 0 Å². The number of hydrogen-bond donors (Lipinski definition) is 2. The largest absolute Gasteiger partial charge is 0.357 e. The number of imide groups is 1. The highest BCUT2D eigenvalue weighted by Crippen LogP contribution is 2.35. The van der Waals surface area contributed by atoms with E-state index in [0.29, 0.717) is 17.4 Å². The zero-order chi connectivity index (χ0) is 18.7. The highest BCUT2D eigenvalue weighted by Gasteiger charge is 2.44. The number of nitrogens with one attached hydrogen (secondary N) is 2. The van der Waals surface area contributed by atoms with Crippen LogP contribution >= 0.6 is 0 Å². The Kier molecular flexibility index (Phi) is 5.46. The van der Waals surface area contributed by atoms with Gasteiger partial charge in [-0.05, 0) is 49.9 Å². The van der Waals surface area contributed by atoms with Crippen molar-refractivity contribution in [2.45, 2.75) is 37.6 Å². The zero-order valence-corrected chi connectivity index (χ0v) is 14.8. The molecule has 0 aromatic heterocycles. The van der Waals surface area contributed by atoms with E-state index in [1.165, 1.54) is 7.05 Å². The Balaban J connectivity index is 1.98. The number of benzene rings is 1. The molecule has 2 heterocycles. The van der Waals surface area contributed by atoms with Crippen LogP contribution in [0.1, 0.15) is 57.9 Å². The average Bonchev–Trinajstić information content (AvgIpc) is 2.94. The van der Waals surface area contributed by atoms with Crippen LogP contribution in [0.4, 0.5) is 0 Å². The van der Waals surface area contributed by atoms with Crippen molar-refractivity contribution in [3.63, 3.8) is 0 Å². The van der Waals surface area contributed by atoms with Gasteiger partial charge < -0.3 is 15.4 Å². The smallest absolute Gasteiger partial charge is 0.262 e. The number of piperidine rings is 1. The van der Waals surface area contributed by atoms with Gasteiger partial charge in [-0.25, -0.2) is 0 Å². The number of hydrogen-bond acceptors (Lipinski definition) is 5. The maximum atomic E-state index is 13.1. The van der Waals surface area contributed by atoms with Gasteiger partial charge in [-0.15, -0.1) is 0 Å². The number of nitrogens with zero attached hydrogens (tertiary/aromatic N) is 1. The molecule has 138 valence electrons. The number of carbonyl (C=O) groups is 4. The van der Waals surface area contributed by atoms with Gasteiger partial charge in [0.2, 0.25) is 5.91 Å². The van der Waals surface area contributed by atoms with Gasteiger partial charge in [0.05, 0.1) is 11.1 Å². The highest BCUT2D eigenvalue weighted by molar-refractivity contribution is 6.23. The van der Waals surface area contributed by atoms with Gasteiger partial charge in [0.25, 0.3) is 11.8 Å². The molecule has 2 aliphatic heterocycles. The predicted molar refractivity (Wildman–Crippen MR) is 94.9 cm³/mol. The van der Waals surface area contributed by atoms with Gasteiger partial charge in [0.1, 0.15) is 12.3 Å². The zero-order valence-electron chi connectivity index (χ0n) is 14.8. The molecule has 7 nitrogen and oxygen atoms in total. The molecule has 1 saturated heterocycles. The van der Waals surface area contributed by atoms with Gasteiger partial charge in [0.15, 0.2) is 0 Å².